The molecule has 1 aromatic heterocycles. The van der Waals surface area contributed by atoms with E-state index in [9.17, 15) is 0 Å². The lowest BCUT2D eigenvalue weighted by atomic mass is 9.81. The van der Waals surface area contributed by atoms with Gasteiger partial charge in [0.15, 0.2) is 0 Å². The third-order valence-electron chi connectivity index (χ3n) is 4.46. The average Bonchev–Trinajstić information content (AvgIpc) is 2.90. The zero-order valence-electron chi connectivity index (χ0n) is 13.2. The highest BCUT2D eigenvalue weighted by molar-refractivity contribution is 7.10. The van der Waals surface area contributed by atoms with E-state index in [1.165, 1.54) is 42.5 Å². The molecule has 0 radical (unpaired) electrons. The van der Waals surface area contributed by atoms with Crippen molar-refractivity contribution >= 4 is 11.3 Å². The van der Waals surface area contributed by atoms with Gasteiger partial charge in [-0.05, 0) is 56.2 Å². The van der Waals surface area contributed by atoms with Gasteiger partial charge in [-0.25, -0.2) is 0 Å². The van der Waals surface area contributed by atoms with Crippen molar-refractivity contribution in [2.75, 3.05) is 13.2 Å². The quantitative estimate of drug-likeness (QED) is 0.787. The maximum atomic E-state index is 6.22. The molecule has 3 heteroatoms. The van der Waals surface area contributed by atoms with Crippen molar-refractivity contribution < 1.29 is 4.74 Å². The third kappa shape index (κ3) is 3.84. The first-order chi connectivity index (χ1) is 9.77. The highest BCUT2D eigenvalue weighted by atomic mass is 32.1. The van der Waals surface area contributed by atoms with E-state index < -0.39 is 0 Å². The first kappa shape index (κ1) is 16.0. The summed E-state index contributed by atoms with van der Waals surface area (Å²) in [6, 6.07) is 2.64. The molecule has 1 saturated carbocycles. The molecule has 1 N–H and O–H groups in total. The van der Waals surface area contributed by atoms with Gasteiger partial charge in [-0.15, -0.1) is 11.3 Å². The molecule has 1 fully saturated rings. The topological polar surface area (TPSA) is 21.3 Å². The van der Waals surface area contributed by atoms with Crippen molar-refractivity contribution in [2.24, 2.45) is 5.92 Å². The molecule has 2 rings (SSSR count). The van der Waals surface area contributed by atoms with E-state index >= 15 is 0 Å². The van der Waals surface area contributed by atoms with E-state index in [4.69, 9.17) is 4.74 Å². The van der Waals surface area contributed by atoms with Gasteiger partial charge in [0.05, 0.1) is 12.1 Å². The van der Waals surface area contributed by atoms with Crippen LogP contribution in [0, 0.1) is 12.8 Å². The van der Waals surface area contributed by atoms with E-state index in [1.54, 1.807) is 0 Å². The van der Waals surface area contributed by atoms with Gasteiger partial charge < -0.3 is 10.1 Å². The summed E-state index contributed by atoms with van der Waals surface area (Å²) in [6.07, 6.45) is 7.13. The Morgan fingerprint density at radius 1 is 1.30 bits per heavy atom. The van der Waals surface area contributed by atoms with Crippen LogP contribution in [0.3, 0.4) is 0 Å². The predicted octanol–water partition coefficient (Wildman–Crippen LogP) is 4.69. The number of nitrogens with one attached hydrogen (secondary N) is 1. The Morgan fingerprint density at radius 2 is 2.05 bits per heavy atom. The summed E-state index contributed by atoms with van der Waals surface area (Å²) in [6.45, 7) is 8.36. The van der Waals surface area contributed by atoms with Gasteiger partial charge in [0.2, 0.25) is 0 Å². The van der Waals surface area contributed by atoms with Gasteiger partial charge in [0, 0.05) is 11.5 Å². The Balaban J connectivity index is 2.19. The number of likely N-dealkylation sites (N-methyl/N-ethyl adjacent to an activating group) is 1. The molecule has 0 aromatic carbocycles. The Labute approximate surface area is 127 Å². The number of hydrogen-bond donors (Lipinski definition) is 1. The lowest BCUT2D eigenvalue weighted by Gasteiger charge is -2.36. The van der Waals surface area contributed by atoms with E-state index in [1.807, 2.05) is 11.3 Å². The van der Waals surface area contributed by atoms with Crippen molar-refractivity contribution in [1.82, 2.24) is 5.32 Å². The SMILES string of the molecule is CCNC(c1ccsc1C)C(OCC)C1CCCCC1. The van der Waals surface area contributed by atoms with Crippen molar-refractivity contribution in [3.8, 4) is 0 Å². The van der Waals surface area contributed by atoms with Gasteiger partial charge in [0.1, 0.15) is 0 Å². The predicted molar refractivity (Wildman–Crippen MR) is 87.5 cm³/mol. The molecule has 1 aliphatic rings. The minimum atomic E-state index is 0.327. The fraction of sp³-hybridized carbons (Fsp3) is 0.765. The monoisotopic (exact) mass is 295 g/mol. The fourth-order valence-electron chi connectivity index (χ4n) is 3.50. The molecule has 1 aromatic rings. The Bertz CT molecular complexity index is 384. The van der Waals surface area contributed by atoms with Crippen LogP contribution in [0.1, 0.15) is 62.4 Å². The second-order valence-corrected chi connectivity index (χ2v) is 6.91. The summed E-state index contributed by atoms with van der Waals surface area (Å²) in [7, 11) is 0. The van der Waals surface area contributed by atoms with E-state index in [2.05, 4.69) is 37.5 Å². The molecule has 0 amide bonds. The van der Waals surface area contributed by atoms with Gasteiger partial charge in [-0.3, -0.25) is 0 Å². The maximum absolute atomic E-state index is 6.22. The van der Waals surface area contributed by atoms with Crippen molar-refractivity contribution in [2.45, 2.75) is 65.0 Å². The fourth-order valence-corrected chi connectivity index (χ4v) is 4.25. The standard InChI is InChI=1S/C17H29NOS/c1-4-18-16(15-11-12-20-13(15)3)17(19-5-2)14-9-7-6-8-10-14/h11-12,14,16-18H,4-10H2,1-3H3. The molecule has 1 aliphatic carbocycles. The Hall–Kier alpha value is -0.380. The van der Waals surface area contributed by atoms with Gasteiger partial charge in [-0.2, -0.15) is 0 Å². The van der Waals surface area contributed by atoms with Crippen LogP contribution in [0.25, 0.3) is 0 Å². The molecule has 2 atom stereocenters. The normalized spacial score (nSPS) is 19.9. The Morgan fingerprint density at radius 3 is 2.60 bits per heavy atom. The molecular formula is C17H29NOS. The zero-order valence-corrected chi connectivity index (χ0v) is 14.0. The second kappa shape index (κ2) is 8.16. The Kier molecular flexibility index (Phi) is 6.53. The summed E-state index contributed by atoms with van der Waals surface area (Å²) < 4.78 is 6.22. The molecule has 0 saturated heterocycles. The summed E-state index contributed by atoms with van der Waals surface area (Å²) >= 11 is 1.85. The number of rotatable bonds is 7. The smallest absolute Gasteiger partial charge is 0.0798 e. The van der Waals surface area contributed by atoms with Crippen LogP contribution in [0.5, 0.6) is 0 Å². The minimum absolute atomic E-state index is 0.327. The molecule has 0 aliphatic heterocycles. The number of thiophene rings is 1. The van der Waals surface area contributed by atoms with Crippen LogP contribution < -0.4 is 5.32 Å². The average molecular weight is 295 g/mol. The molecule has 0 bridgehead atoms. The maximum Gasteiger partial charge on any atom is 0.0798 e. The lowest BCUT2D eigenvalue weighted by Crippen LogP contribution is -2.40. The summed E-state index contributed by atoms with van der Waals surface area (Å²) in [5.41, 5.74) is 1.45. The minimum Gasteiger partial charge on any atom is -0.376 e. The molecule has 2 nitrogen and oxygen atoms in total. The second-order valence-electron chi connectivity index (χ2n) is 5.79. The van der Waals surface area contributed by atoms with Crippen LogP contribution in [0.15, 0.2) is 11.4 Å². The van der Waals surface area contributed by atoms with E-state index in [0.29, 0.717) is 18.1 Å². The summed E-state index contributed by atoms with van der Waals surface area (Å²) in [5, 5.41) is 5.90. The molecule has 2 unspecified atom stereocenters. The van der Waals surface area contributed by atoms with Crippen molar-refractivity contribution in [3.05, 3.63) is 21.9 Å². The van der Waals surface area contributed by atoms with Crippen LogP contribution in [-0.4, -0.2) is 19.3 Å². The largest absolute Gasteiger partial charge is 0.376 e. The van der Waals surface area contributed by atoms with Crippen LogP contribution in [0.2, 0.25) is 0 Å². The number of ether oxygens (including phenoxy) is 1. The highest BCUT2D eigenvalue weighted by Crippen LogP contribution is 2.36. The summed E-state index contributed by atoms with van der Waals surface area (Å²) in [4.78, 5) is 1.43. The zero-order chi connectivity index (χ0) is 14.4. The first-order valence-corrected chi connectivity index (χ1v) is 9.04. The lowest BCUT2D eigenvalue weighted by molar-refractivity contribution is -0.0180. The van der Waals surface area contributed by atoms with Gasteiger partial charge in [-0.1, -0.05) is 26.2 Å². The highest BCUT2D eigenvalue weighted by Gasteiger charge is 2.32. The molecule has 1 heterocycles. The van der Waals surface area contributed by atoms with Crippen LogP contribution >= 0.6 is 11.3 Å². The van der Waals surface area contributed by atoms with E-state index in [-0.39, 0.29) is 0 Å². The van der Waals surface area contributed by atoms with Crippen molar-refractivity contribution in [1.29, 1.82) is 0 Å². The summed E-state index contributed by atoms with van der Waals surface area (Å²) in [5.74, 6) is 0.715. The molecular weight excluding hydrogens is 266 g/mol. The molecule has 20 heavy (non-hydrogen) atoms. The number of aryl methyl sites for hydroxylation is 1. The first-order valence-electron chi connectivity index (χ1n) is 8.16. The molecule has 114 valence electrons. The van der Waals surface area contributed by atoms with E-state index in [0.717, 1.165) is 13.2 Å². The third-order valence-corrected chi connectivity index (χ3v) is 5.32. The van der Waals surface area contributed by atoms with Gasteiger partial charge >= 0.3 is 0 Å². The van der Waals surface area contributed by atoms with Gasteiger partial charge in [0.25, 0.3) is 0 Å². The number of hydrogen-bond acceptors (Lipinski definition) is 3. The molecule has 0 spiro atoms. The van der Waals surface area contributed by atoms with Crippen LogP contribution in [0.4, 0.5) is 0 Å². The van der Waals surface area contributed by atoms with Crippen LogP contribution in [-0.2, 0) is 4.74 Å². The van der Waals surface area contributed by atoms with Crippen molar-refractivity contribution in [3.63, 3.8) is 0 Å².